The van der Waals surface area contributed by atoms with Crippen LogP contribution in [0.15, 0.2) is 17.2 Å². The Morgan fingerprint density at radius 3 is 2.65 bits per heavy atom. The highest BCUT2D eigenvalue weighted by atomic mass is 32.2. The monoisotopic (exact) mass is 303 g/mol. The molecule has 1 atom stereocenters. The molecule has 1 rings (SSSR count). The second kappa shape index (κ2) is 6.87. The van der Waals surface area contributed by atoms with E-state index in [0.717, 1.165) is 0 Å². The second-order valence-electron chi connectivity index (χ2n) is 4.49. The van der Waals surface area contributed by atoms with Crippen LogP contribution in [0.1, 0.15) is 30.3 Å². The molecule has 0 radical (unpaired) electrons. The highest BCUT2D eigenvalue weighted by molar-refractivity contribution is 7.89. The number of hydrogen-bond acceptors (Lipinski definition) is 4. The van der Waals surface area contributed by atoms with Gasteiger partial charge in [-0.3, -0.25) is 4.79 Å². The van der Waals surface area contributed by atoms with Crippen LogP contribution in [0.2, 0.25) is 0 Å². The van der Waals surface area contributed by atoms with Crippen LogP contribution in [0.4, 0.5) is 0 Å². The van der Waals surface area contributed by atoms with E-state index in [2.05, 4.69) is 10.0 Å². The summed E-state index contributed by atoms with van der Waals surface area (Å²) in [5.41, 5.74) is 0.267. The van der Waals surface area contributed by atoms with Gasteiger partial charge in [-0.15, -0.1) is 0 Å². The summed E-state index contributed by atoms with van der Waals surface area (Å²) < 4.78 is 28.4. The molecule has 114 valence electrons. The van der Waals surface area contributed by atoms with Gasteiger partial charge in [-0.25, -0.2) is 13.1 Å². The Morgan fingerprint density at radius 1 is 1.50 bits per heavy atom. The molecule has 1 amide bonds. The Bertz CT molecular complexity index is 565. The summed E-state index contributed by atoms with van der Waals surface area (Å²) in [5, 5.41) is 11.3. The number of nitrogens with zero attached hydrogens (tertiary/aromatic N) is 1. The second-order valence-corrected chi connectivity index (χ2v) is 6.20. The fourth-order valence-electron chi connectivity index (χ4n) is 1.82. The first-order valence-corrected chi connectivity index (χ1v) is 7.85. The Labute approximate surface area is 119 Å². The van der Waals surface area contributed by atoms with Gasteiger partial charge in [0.1, 0.15) is 10.6 Å². The minimum absolute atomic E-state index is 0.0370. The number of aryl methyl sites for hydroxylation is 1. The fourth-order valence-corrected chi connectivity index (χ4v) is 3.25. The normalized spacial score (nSPS) is 13.2. The van der Waals surface area contributed by atoms with Crippen LogP contribution in [0, 0.1) is 0 Å². The van der Waals surface area contributed by atoms with E-state index in [0.29, 0.717) is 12.8 Å². The van der Waals surface area contributed by atoms with E-state index < -0.39 is 10.0 Å². The van der Waals surface area contributed by atoms with Crippen molar-refractivity contribution in [3.05, 3.63) is 18.0 Å². The van der Waals surface area contributed by atoms with Crippen LogP contribution < -0.4 is 10.0 Å². The number of aromatic nitrogens is 1. The van der Waals surface area contributed by atoms with Gasteiger partial charge in [0, 0.05) is 32.9 Å². The first-order chi connectivity index (χ1) is 9.35. The average Bonchev–Trinajstić information content (AvgIpc) is 2.80. The third-order valence-electron chi connectivity index (χ3n) is 3.04. The molecule has 0 saturated carbocycles. The lowest BCUT2D eigenvalue weighted by molar-refractivity contribution is 0.0955. The number of nitrogens with one attached hydrogen (secondary N) is 2. The molecule has 1 heterocycles. The van der Waals surface area contributed by atoms with E-state index in [1.807, 2.05) is 6.92 Å². The van der Waals surface area contributed by atoms with E-state index in [1.165, 1.54) is 23.9 Å². The van der Waals surface area contributed by atoms with Crippen LogP contribution in [0.5, 0.6) is 0 Å². The number of sulfonamides is 1. The van der Waals surface area contributed by atoms with Crippen molar-refractivity contribution in [3.8, 4) is 0 Å². The summed E-state index contributed by atoms with van der Waals surface area (Å²) in [6.45, 7) is 1.75. The van der Waals surface area contributed by atoms with Gasteiger partial charge >= 0.3 is 0 Å². The zero-order valence-electron chi connectivity index (χ0n) is 11.9. The highest BCUT2D eigenvalue weighted by Crippen LogP contribution is 2.15. The molecule has 1 aromatic rings. The van der Waals surface area contributed by atoms with Gasteiger partial charge < -0.3 is 15.0 Å². The van der Waals surface area contributed by atoms with Crippen molar-refractivity contribution in [3.63, 3.8) is 0 Å². The van der Waals surface area contributed by atoms with Gasteiger partial charge in [0.2, 0.25) is 10.0 Å². The van der Waals surface area contributed by atoms with Crippen molar-refractivity contribution < 1.29 is 18.3 Å². The van der Waals surface area contributed by atoms with Gasteiger partial charge in [0.15, 0.2) is 0 Å². The molecule has 1 unspecified atom stereocenters. The predicted molar refractivity (Wildman–Crippen MR) is 74.9 cm³/mol. The molecular weight excluding hydrogens is 282 g/mol. The largest absolute Gasteiger partial charge is 0.396 e. The summed E-state index contributed by atoms with van der Waals surface area (Å²) in [7, 11) is -0.611. The molecule has 0 saturated heterocycles. The lowest BCUT2D eigenvalue weighted by Crippen LogP contribution is -2.34. The lowest BCUT2D eigenvalue weighted by Gasteiger charge is -2.14. The zero-order chi connectivity index (χ0) is 15.3. The molecule has 20 heavy (non-hydrogen) atoms. The molecular formula is C12H21N3O4S. The molecule has 1 aromatic heterocycles. The smallest absolute Gasteiger partial charge is 0.267 e. The number of amides is 1. The number of aliphatic hydroxyl groups is 1. The lowest BCUT2D eigenvalue weighted by atomic mass is 10.2. The minimum Gasteiger partial charge on any atom is -0.396 e. The number of rotatable bonds is 7. The van der Waals surface area contributed by atoms with Crippen LogP contribution in [-0.4, -0.2) is 43.7 Å². The molecule has 3 N–H and O–H groups in total. The van der Waals surface area contributed by atoms with Gasteiger partial charge in [-0.05, 0) is 18.9 Å². The van der Waals surface area contributed by atoms with E-state index in [9.17, 15) is 13.2 Å². The Hall–Kier alpha value is -1.38. The molecule has 0 bridgehead atoms. The van der Waals surface area contributed by atoms with Crippen molar-refractivity contribution in [1.29, 1.82) is 0 Å². The quantitative estimate of drug-likeness (QED) is 0.650. The number of hydrogen-bond donors (Lipinski definition) is 3. The molecule has 0 aliphatic carbocycles. The molecule has 0 fully saturated rings. The van der Waals surface area contributed by atoms with Crippen LogP contribution in [-0.2, 0) is 17.1 Å². The van der Waals surface area contributed by atoms with Gasteiger partial charge in [-0.1, -0.05) is 6.92 Å². The van der Waals surface area contributed by atoms with E-state index in [4.69, 9.17) is 5.11 Å². The number of carbonyl (C=O) groups excluding carboxylic acids is 1. The van der Waals surface area contributed by atoms with Gasteiger partial charge in [0.25, 0.3) is 5.91 Å². The maximum Gasteiger partial charge on any atom is 0.267 e. The number of carbonyl (C=O) groups is 1. The summed E-state index contributed by atoms with van der Waals surface area (Å²) in [5.74, 6) is -0.351. The third-order valence-corrected chi connectivity index (χ3v) is 4.53. The van der Waals surface area contributed by atoms with E-state index in [-0.39, 0.29) is 29.1 Å². The molecule has 0 aliphatic rings. The zero-order valence-corrected chi connectivity index (χ0v) is 12.7. The van der Waals surface area contributed by atoms with Crippen molar-refractivity contribution in [2.24, 2.45) is 7.05 Å². The summed E-state index contributed by atoms with van der Waals surface area (Å²) in [6, 6.07) is 1.00. The van der Waals surface area contributed by atoms with E-state index >= 15 is 0 Å². The molecule has 0 aromatic carbocycles. The first kappa shape index (κ1) is 16.7. The van der Waals surface area contributed by atoms with Crippen molar-refractivity contribution >= 4 is 15.9 Å². The highest BCUT2D eigenvalue weighted by Gasteiger charge is 2.22. The van der Waals surface area contributed by atoms with Gasteiger partial charge in [-0.2, -0.15) is 0 Å². The topological polar surface area (TPSA) is 100 Å². The van der Waals surface area contributed by atoms with Crippen molar-refractivity contribution in [2.45, 2.75) is 30.7 Å². The third kappa shape index (κ3) is 3.81. The SMILES string of the molecule is CCC(CCO)NS(=O)(=O)c1cc(C(=O)NC)n(C)c1. The summed E-state index contributed by atoms with van der Waals surface area (Å²) in [4.78, 5) is 11.6. The minimum atomic E-state index is -3.70. The Kier molecular flexibility index (Phi) is 5.73. The van der Waals surface area contributed by atoms with Gasteiger partial charge in [0.05, 0.1) is 0 Å². The van der Waals surface area contributed by atoms with Crippen molar-refractivity contribution in [1.82, 2.24) is 14.6 Å². The summed E-state index contributed by atoms with van der Waals surface area (Å²) in [6.07, 6.45) is 2.32. The van der Waals surface area contributed by atoms with E-state index in [1.54, 1.807) is 7.05 Å². The average molecular weight is 303 g/mol. The fraction of sp³-hybridized carbons (Fsp3) is 0.583. The van der Waals surface area contributed by atoms with Crippen molar-refractivity contribution in [2.75, 3.05) is 13.7 Å². The van der Waals surface area contributed by atoms with Crippen LogP contribution in [0.3, 0.4) is 0 Å². The maximum absolute atomic E-state index is 12.2. The number of aliphatic hydroxyl groups excluding tert-OH is 1. The maximum atomic E-state index is 12.2. The van der Waals surface area contributed by atoms with Crippen LogP contribution in [0.25, 0.3) is 0 Å². The van der Waals surface area contributed by atoms with Crippen LogP contribution >= 0.6 is 0 Å². The Balaban J connectivity index is 3.01. The molecule has 7 nitrogen and oxygen atoms in total. The Morgan fingerprint density at radius 2 is 2.15 bits per heavy atom. The summed E-state index contributed by atoms with van der Waals surface area (Å²) >= 11 is 0. The molecule has 0 spiro atoms. The standard InChI is InChI=1S/C12H21N3O4S/c1-4-9(5-6-16)14-20(18,19)10-7-11(12(17)13-2)15(3)8-10/h7-9,14,16H,4-6H2,1-3H3,(H,13,17). The molecule has 8 heteroatoms. The first-order valence-electron chi connectivity index (χ1n) is 6.37. The predicted octanol–water partition coefficient (Wildman–Crippen LogP) is -0.176. The molecule has 0 aliphatic heterocycles.